The van der Waals surface area contributed by atoms with E-state index in [4.69, 9.17) is 9.84 Å². The van der Waals surface area contributed by atoms with E-state index in [2.05, 4.69) is 75.1 Å². The first-order valence-electron chi connectivity index (χ1n) is 11.0. The van der Waals surface area contributed by atoms with Crippen molar-refractivity contribution in [3.8, 4) is 11.1 Å². The molecule has 0 atom stereocenters. The number of hydrogen-bond acceptors (Lipinski definition) is 3. The third kappa shape index (κ3) is 7.26. The lowest BCUT2D eigenvalue weighted by atomic mass is 10.0. The van der Waals surface area contributed by atoms with Gasteiger partial charge in [0.05, 0.1) is 26.9 Å². The van der Waals surface area contributed by atoms with Crippen molar-refractivity contribution in [2.45, 2.75) is 58.2 Å². The molecule has 0 aliphatic carbocycles. The lowest BCUT2D eigenvalue weighted by molar-refractivity contribution is -0.139. The number of carbonyl (C=O) groups excluding carboxylic acids is 1. The average Bonchev–Trinajstić information content (AvgIpc) is 2.76. The minimum Gasteiger partial charge on any atom is -0.462 e. The van der Waals surface area contributed by atoms with Crippen molar-refractivity contribution in [3.05, 3.63) is 66.2 Å². The van der Waals surface area contributed by atoms with Crippen LogP contribution in [0.15, 0.2) is 60.7 Å². The summed E-state index contributed by atoms with van der Waals surface area (Å²) < 4.78 is 5.17. The summed E-state index contributed by atoms with van der Waals surface area (Å²) in [6.07, 6.45) is 5.80. The summed E-state index contributed by atoms with van der Waals surface area (Å²) in [7, 11) is -1.60. The van der Waals surface area contributed by atoms with Crippen LogP contribution in [0.3, 0.4) is 0 Å². The molecule has 30 heavy (non-hydrogen) atoms. The minimum absolute atomic E-state index is 0.107. The fourth-order valence-electron chi connectivity index (χ4n) is 3.55. The van der Waals surface area contributed by atoms with E-state index in [0.717, 1.165) is 18.9 Å². The van der Waals surface area contributed by atoms with Gasteiger partial charge in [-0.3, -0.25) is 0 Å². The number of carbonyl (C=O) groups is 1. The maximum atomic E-state index is 11.6. The van der Waals surface area contributed by atoms with Crippen molar-refractivity contribution in [2.24, 2.45) is 0 Å². The lowest BCUT2D eigenvalue weighted by Crippen LogP contribution is -2.41. The lowest BCUT2D eigenvalue weighted by Gasteiger charge is -2.23. The molecule has 0 amide bonds. The molecule has 2 aromatic carbocycles. The van der Waals surface area contributed by atoms with Gasteiger partial charge in [-0.2, -0.15) is 0 Å². The predicted molar refractivity (Wildman–Crippen MR) is 129 cm³/mol. The van der Waals surface area contributed by atoms with Gasteiger partial charge in [0.1, 0.15) is 0 Å². The Kier molecular flexibility index (Phi) is 9.54. The van der Waals surface area contributed by atoms with E-state index in [9.17, 15) is 4.79 Å². The van der Waals surface area contributed by atoms with E-state index >= 15 is 0 Å². The Balaban J connectivity index is 1.90. The molecule has 2 rings (SSSR count). The number of esters is 1. The first-order chi connectivity index (χ1) is 14.4. The molecule has 0 aromatic heterocycles. The summed E-state index contributed by atoms with van der Waals surface area (Å²) in [5.74, 6) is -0.502. The van der Waals surface area contributed by atoms with Gasteiger partial charge >= 0.3 is 5.97 Å². The normalized spacial score (nSPS) is 11.3. The molecule has 4 heteroatoms. The molecule has 0 radical (unpaired) electrons. The molecule has 0 spiro atoms. The highest BCUT2D eigenvalue weighted by Gasteiger charge is 2.23. The molecule has 1 N–H and O–H groups in total. The summed E-state index contributed by atoms with van der Waals surface area (Å²) in [6.45, 7) is 10.4. The van der Waals surface area contributed by atoms with Gasteiger partial charge in [-0.25, -0.2) is 4.79 Å². The molecule has 0 heterocycles. The molecule has 0 bridgehead atoms. The Morgan fingerprint density at radius 2 is 1.57 bits per heavy atom. The van der Waals surface area contributed by atoms with Crippen molar-refractivity contribution < 1.29 is 14.6 Å². The summed E-state index contributed by atoms with van der Waals surface area (Å²) in [6, 6.07) is 19.0. The molecule has 3 nitrogen and oxygen atoms in total. The SMILES string of the molecule is C=C(CO)C(=O)OCCC[Si](C)(C)c1ccc(-c2ccc(CCCCC)cc2)cc1. The van der Waals surface area contributed by atoms with Gasteiger partial charge in [0.2, 0.25) is 0 Å². The van der Waals surface area contributed by atoms with Crippen LogP contribution in [0.1, 0.15) is 38.2 Å². The van der Waals surface area contributed by atoms with Crippen molar-refractivity contribution in [1.29, 1.82) is 0 Å². The van der Waals surface area contributed by atoms with Gasteiger partial charge in [0.15, 0.2) is 0 Å². The molecule has 0 unspecified atom stereocenters. The largest absolute Gasteiger partial charge is 0.462 e. The summed E-state index contributed by atoms with van der Waals surface area (Å²) in [5, 5.41) is 10.3. The molecule has 2 aromatic rings. The first-order valence-corrected chi connectivity index (χ1v) is 14.2. The van der Waals surface area contributed by atoms with Crippen molar-refractivity contribution in [1.82, 2.24) is 0 Å². The Morgan fingerprint density at radius 3 is 2.13 bits per heavy atom. The van der Waals surface area contributed by atoms with Crippen molar-refractivity contribution in [2.75, 3.05) is 13.2 Å². The Morgan fingerprint density at radius 1 is 0.967 bits per heavy atom. The molecule has 162 valence electrons. The highest BCUT2D eigenvalue weighted by molar-refractivity contribution is 6.89. The van der Waals surface area contributed by atoms with Gasteiger partial charge in [-0.1, -0.05) is 99.2 Å². The summed E-state index contributed by atoms with van der Waals surface area (Å²) in [5.41, 5.74) is 4.04. The zero-order valence-electron chi connectivity index (χ0n) is 18.7. The van der Waals surface area contributed by atoms with Gasteiger partial charge in [-0.05, 0) is 36.0 Å². The van der Waals surface area contributed by atoms with Gasteiger partial charge in [0, 0.05) is 0 Å². The number of ether oxygens (including phenoxy) is 1. The number of aliphatic hydroxyl groups excluding tert-OH is 1. The molecule has 0 aliphatic rings. The molecule has 0 saturated heterocycles. The van der Waals surface area contributed by atoms with Gasteiger partial charge < -0.3 is 9.84 Å². The van der Waals surface area contributed by atoms with Crippen LogP contribution in [0, 0.1) is 0 Å². The number of unbranched alkanes of at least 4 members (excludes halogenated alkanes) is 2. The Bertz CT molecular complexity index is 807. The molecular formula is C26H36O3Si. The van der Waals surface area contributed by atoms with E-state index in [-0.39, 0.29) is 12.2 Å². The smallest absolute Gasteiger partial charge is 0.335 e. The zero-order valence-corrected chi connectivity index (χ0v) is 19.7. The second-order valence-corrected chi connectivity index (χ2v) is 13.5. The fourth-order valence-corrected chi connectivity index (χ4v) is 5.93. The van der Waals surface area contributed by atoms with Crippen molar-refractivity contribution >= 4 is 19.2 Å². The molecule has 0 fully saturated rings. The van der Waals surface area contributed by atoms with E-state index in [1.807, 2.05) is 0 Å². The number of benzene rings is 2. The number of aliphatic hydroxyl groups is 1. The highest BCUT2D eigenvalue weighted by atomic mass is 28.3. The van der Waals surface area contributed by atoms with Crippen LogP contribution in [-0.4, -0.2) is 32.4 Å². The van der Waals surface area contributed by atoms with Crippen LogP contribution in [0.25, 0.3) is 11.1 Å². The molecule has 0 saturated carbocycles. The third-order valence-electron chi connectivity index (χ3n) is 5.68. The topological polar surface area (TPSA) is 46.5 Å². The summed E-state index contributed by atoms with van der Waals surface area (Å²) >= 11 is 0. The predicted octanol–water partition coefficient (Wildman–Crippen LogP) is 5.48. The van der Waals surface area contributed by atoms with Crippen LogP contribution >= 0.6 is 0 Å². The Hall–Kier alpha value is -2.17. The zero-order chi connectivity index (χ0) is 22.0. The van der Waals surface area contributed by atoms with Crippen LogP contribution < -0.4 is 5.19 Å². The van der Waals surface area contributed by atoms with E-state index in [0.29, 0.717) is 6.61 Å². The number of hydrogen-bond donors (Lipinski definition) is 1. The van der Waals surface area contributed by atoms with Crippen molar-refractivity contribution in [3.63, 3.8) is 0 Å². The monoisotopic (exact) mass is 424 g/mol. The summed E-state index contributed by atoms with van der Waals surface area (Å²) in [4.78, 5) is 11.6. The van der Waals surface area contributed by atoms with E-state index in [1.165, 1.54) is 41.1 Å². The van der Waals surface area contributed by atoms with E-state index in [1.54, 1.807) is 0 Å². The maximum absolute atomic E-state index is 11.6. The minimum atomic E-state index is -1.60. The molecular weight excluding hydrogens is 388 g/mol. The number of rotatable bonds is 12. The second-order valence-electron chi connectivity index (χ2n) is 8.62. The highest BCUT2D eigenvalue weighted by Crippen LogP contribution is 2.21. The molecule has 0 aliphatic heterocycles. The quantitative estimate of drug-likeness (QED) is 0.212. The third-order valence-corrected chi connectivity index (χ3v) is 9.18. The van der Waals surface area contributed by atoms with Crippen LogP contribution in [0.2, 0.25) is 19.1 Å². The van der Waals surface area contributed by atoms with Gasteiger partial charge in [0.25, 0.3) is 0 Å². The van der Waals surface area contributed by atoms with Crippen LogP contribution in [-0.2, 0) is 16.0 Å². The maximum Gasteiger partial charge on any atom is 0.335 e. The van der Waals surface area contributed by atoms with Crippen LogP contribution in [0.5, 0.6) is 0 Å². The van der Waals surface area contributed by atoms with Crippen LogP contribution in [0.4, 0.5) is 0 Å². The fraction of sp³-hybridized carbons (Fsp3) is 0.423. The standard InChI is InChI=1S/C26H36O3Si/c1-5-6-7-9-22-10-12-23(13-11-22)24-14-16-25(17-15-24)30(3,4)19-8-18-29-26(28)21(2)20-27/h10-17,27H,2,5-9,18-20H2,1,3-4H3. The Labute approximate surface area is 182 Å². The average molecular weight is 425 g/mol. The van der Waals surface area contributed by atoms with Gasteiger partial charge in [-0.15, -0.1) is 0 Å². The number of aryl methyl sites for hydroxylation is 1. The second kappa shape index (κ2) is 11.9. The first kappa shape index (κ1) is 24.1. The van der Waals surface area contributed by atoms with E-state index < -0.39 is 14.0 Å².